The lowest BCUT2D eigenvalue weighted by molar-refractivity contribution is 0.0931. The molecule has 0 aliphatic rings. The van der Waals surface area contributed by atoms with E-state index in [0.717, 1.165) is 10.4 Å². The van der Waals surface area contributed by atoms with E-state index >= 15 is 0 Å². The van der Waals surface area contributed by atoms with E-state index in [1.807, 2.05) is 55.6 Å². The average Bonchev–Trinajstić information content (AvgIpc) is 3.19. The molecule has 0 fully saturated rings. The molecule has 0 aliphatic carbocycles. The maximum absolute atomic E-state index is 12.2. The van der Waals surface area contributed by atoms with Crippen LogP contribution in [0.25, 0.3) is 10.6 Å². The van der Waals surface area contributed by atoms with Gasteiger partial charge in [0.2, 0.25) is 0 Å². The van der Waals surface area contributed by atoms with Crippen molar-refractivity contribution in [2.45, 2.75) is 19.9 Å². The molecule has 112 valence electrons. The highest BCUT2D eigenvalue weighted by molar-refractivity contribution is 7.13. The Morgan fingerprint density at radius 2 is 2.05 bits per heavy atom. The first-order chi connectivity index (χ1) is 10.6. The smallest absolute Gasteiger partial charge is 0.273 e. The van der Waals surface area contributed by atoms with Gasteiger partial charge in [0, 0.05) is 6.07 Å². The van der Waals surface area contributed by atoms with Crippen LogP contribution >= 0.6 is 11.3 Å². The molecule has 0 aliphatic heterocycles. The molecule has 22 heavy (non-hydrogen) atoms. The van der Waals surface area contributed by atoms with Gasteiger partial charge in [-0.3, -0.25) is 4.79 Å². The number of aromatic nitrogens is 1. The molecule has 2 heterocycles. The van der Waals surface area contributed by atoms with E-state index < -0.39 is 0 Å². The molecule has 2 aromatic heterocycles. The Hall–Kier alpha value is -2.40. The lowest BCUT2D eigenvalue weighted by Gasteiger charge is -2.13. The predicted molar refractivity (Wildman–Crippen MR) is 86.9 cm³/mol. The number of aryl methyl sites for hydroxylation is 1. The molecule has 1 unspecified atom stereocenters. The minimum absolute atomic E-state index is 0.0880. The van der Waals surface area contributed by atoms with Crippen molar-refractivity contribution < 1.29 is 9.32 Å². The molecule has 5 heteroatoms. The van der Waals surface area contributed by atoms with Crippen molar-refractivity contribution >= 4 is 17.2 Å². The Kier molecular flexibility index (Phi) is 4.06. The number of hydrogen-bond acceptors (Lipinski definition) is 4. The molecular formula is C17H16N2O2S. The molecule has 0 radical (unpaired) electrons. The topological polar surface area (TPSA) is 55.1 Å². The molecule has 0 bridgehead atoms. The second-order valence-corrected chi connectivity index (χ2v) is 6.11. The van der Waals surface area contributed by atoms with Crippen LogP contribution in [0.15, 0.2) is 52.4 Å². The van der Waals surface area contributed by atoms with Crippen molar-refractivity contribution in [1.82, 2.24) is 10.5 Å². The third-order valence-electron chi connectivity index (χ3n) is 3.43. The van der Waals surface area contributed by atoms with E-state index in [9.17, 15) is 4.79 Å². The zero-order chi connectivity index (χ0) is 15.5. The zero-order valence-electron chi connectivity index (χ0n) is 12.4. The van der Waals surface area contributed by atoms with Crippen LogP contribution in [0.1, 0.15) is 34.6 Å². The van der Waals surface area contributed by atoms with E-state index in [1.54, 1.807) is 17.4 Å². The second kappa shape index (κ2) is 6.15. The molecule has 1 aromatic carbocycles. The number of amides is 1. The Bertz CT molecular complexity index is 760. The van der Waals surface area contributed by atoms with E-state index in [0.29, 0.717) is 11.5 Å². The van der Waals surface area contributed by atoms with Gasteiger partial charge in [0.25, 0.3) is 5.91 Å². The summed E-state index contributed by atoms with van der Waals surface area (Å²) in [5.41, 5.74) is 2.54. The standard InChI is InChI=1S/C17H16N2O2S/c1-11-5-7-13(8-6-11)12(2)18-17(20)14-10-15(21-19-14)16-4-3-9-22-16/h3-10,12H,1-2H3,(H,18,20). The molecule has 4 nitrogen and oxygen atoms in total. The first kappa shape index (κ1) is 14.5. The lowest BCUT2D eigenvalue weighted by Crippen LogP contribution is -2.26. The minimum Gasteiger partial charge on any atom is -0.355 e. The van der Waals surface area contributed by atoms with Crippen molar-refractivity contribution in [2.24, 2.45) is 0 Å². The molecule has 1 N–H and O–H groups in total. The van der Waals surface area contributed by atoms with Gasteiger partial charge in [-0.05, 0) is 30.9 Å². The second-order valence-electron chi connectivity index (χ2n) is 5.16. The predicted octanol–water partition coefficient (Wildman–Crippen LogP) is 4.20. The fraction of sp³-hybridized carbons (Fsp3) is 0.176. The summed E-state index contributed by atoms with van der Waals surface area (Å²) in [6.45, 7) is 3.98. The van der Waals surface area contributed by atoms with Crippen LogP contribution in [0.2, 0.25) is 0 Å². The Labute approximate surface area is 132 Å². The SMILES string of the molecule is Cc1ccc(C(C)NC(=O)c2cc(-c3cccs3)on2)cc1. The molecule has 3 rings (SSSR count). The molecule has 3 aromatic rings. The summed E-state index contributed by atoms with van der Waals surface area (Å²) >= 11 is 1.55. The summed E-state index contributed by atoms with van der Waals surface area (Å²) in [5.74, 6) is 0.378. The first-order valence-electron chi connectivity index (χ1n) is 7.01. The summed E-state index contributed by atoms with van der Waals surface area (Å²) in [7, 11) is 0. The Morgan fingerprint density at radius 1 is 1.27 bits per heavy atom. The molecule has 0 spiro atoms. The highest BCUT2D eigenvalue weighted by atomic mass is 32.1. The van der Waals surface area contributed by atoms with Gasteiger partial charge in [-0.2, -0.15) is 0 Å². The maximum Gasteiger partial charge on any atom is 0.273 e. The number of benzene rings is 1. The van der Waals surface area contributed by atoms with Gasteiger partial charge in [-0.1, -0.05) is 41.1 Å². The number of nitrogens with zero attached hydrogens (tertiary/aromatic N) is 1. The Balaban J connectivity index is 1.70. The number of carbonyl (C=O) groups is 1. The van der Waals surface area contributed by atoms with E-state index in [4.69, 9.17) is 4.52 Å². The fourth-order valence-electron chi connectivity index (χ4n) is 2.13. The van der Waals surface area contributed by atoms with Crippen molar-refractivity contribution in [3.8, 4) is 10.6 Å². The van der Waals surface area contributed by atoms with Crippen LogP contribution < -0.4 is 5.32 Å². The Morgan fingerprint density at radius 3 is 2.73 bits per heavy atom. The molecule has 0 saturated heterocycles. The van der Waals surface area contributed by atoms with Crippen molar-refractivity contribution in [3.05, 3.63) is 64.7 Å². The minimum atomic E-state index is -0.236. The van der Waals surface area contributed by atoms with E-state index in [2.05, 4.69) is 10.5 Å². The zero-order valence-corrected chi connectivity index (χ0v) is 13.2. The van der Waals surface area contributed by atoms with Gasteiger partial charge in [-0.25, -0.2) is 0 Å². The van der Waals surface area contributed by atoms with Gasteiger partial charge in [0.15, 0.2) is 11.5 Å². The van der Waals surface area contributed by atoms with Crippen molar-refractivity contribution in [1.29, 1.82) is 0 Å². The summed E-state index contributed by atoms with van der Waals surface area (Å²) in [6, 6.07) is 13.5. The van der Waals surface area contributed by atoms with Gasteiger partial charge in [0.05, 0.1) is 10.9 Å². The number of carbonyl (C=O) groups excluding carboxylic acids is 1. The van der Waals surface area contributed by atoms with Crippen molar-refractivity contribution in [2.75, 3.05) is 0 Å². The summed E-state index contributed by atoms with van der Waals surface area (Å²) in [4.78, 5) is 13.2. The number of nitrogens with one attached hydrogen (secondary N) is 1. The highest BCUT2D eigenvalue weighted by Crippen LogP contribution is 2.25. The lowest BCUT2D eigenvalue weighted by atomic mass is 10.1. The van der Waals surface area contributed by atoms with Crippen molar-refractivity contribution in [3.63, 3.8) is 0 Å². The molecule has 1 amide bonds. The van der Waals surface area contributed by atoms with E-state index in [-0.39, 0.29) is 11.9 Å². The van der Waals surface area contributed by atoms with Crippen LogP contribution in [0.4, 0.5) is 0 Å². The van der Waals surface area contributed by atoms with E-state index in [1.165, 1.54) is 5.56 Å². The van der Waals surface area contributed by atoms with Crippen LogP contribution in [-0.4, -0.2) is 11.1 Å². The largest absolute Gasteiger partial charge is 0.355 e. The van der Waals surface area contributed by atoms with Crippen LogP contribution in [0.3, 0.4) is 0 Å². The molecule has 0 saturated carbocycles. The van der Waals surface area contributed by atoms with Crippen LogP contribution in [0.5, 0.6) is 0 Å². The normalized spacial score (nSPS) is 12.1. The third-order valence-corrected chi connectivity index (χ3v) is 4.32. The summed E-state index contributed by atoms with van der Waals surface area (Å²) in [6.07, 6.45) is 0. The first-order valence-corrected chi connectivity index (χ1v) is 7.89. The van der Waals surface area contributed by atoms with Gasteiger partial charge >= 0.3 is 0 Å². The summed E-state index contributed by atoms with van der Waals surface area (Å²) < 4.78 is 5.23. The quantitative estimate of drug-likeness (QED) is 0.785. The fourth-order valence-corrected chi connectivity index (χ4v) is 2.80. The van der Waals surface area contributed by atoms with Gasteiger partial charge in [0.1, 0.15) is 0 Å². The third kappa shape index (κ3) is 3.09. The highest BCUT2D eigenvalue weighted by Gasteiger charge is 2.16. The van der Waals surface area contributed by atoms with Gasteiger partial charge < -0.3 is 9.84 Å². The molecule has 1 atom stereocenters. The maximum atomic E-state index is 12.2. The number of thiophene rings is 1. The monoisotopic (exact) mass is 312 g/mol. The van der Waals surface area contributed by atoms with Crippen LogP contribution in [0, 0.1) is 6.92 Å². The number of rotatable bonds is 4. The van der Waals surface area contributed by atoms with Crippen LogP contribution in [-0.2, 0) is 0 Å². The average molecular weight is 312 g/mol. The summed E-state index contributed by atoms with van der Waals surface area (Å²) in [5, 5.41) is 8.74. The number of hydrogen-bond donors (Lipinski definition) is 1. The molecular weight excluding hydrogens is 296 g/mol. The van der Waals surface area contributed by atoms with Gasteiger partial charge in [-0.15, -0.1) is 11.3 Å².